The highest BCUT2D eigenvalue weighted by molar-refractivity contribution is 5.93. The van der Waals surface area contributed by atoms with Crippen molar-refractivity contribution in [2.75, 3.05) is 19.6 Å². The van der Waals surface area contributed by atoms with Gasteiger partial charge in [-0.15, -0.1) is 0 Å². The highest BCUT2D eigenvalue weighted by Crippen LogP contribution is 2.08. The molecule has 0 spiro atoms. The Kier molecular flexibility index (Phi) is 15.2. The van der Waals surface area contributed by atoms with Crippen LogP contribution in [0.25, 0.3) is 0 Å². The molecule has 0 aromatic heterocycles. The molecule has 0 heterocycles. The quantitative estimate of drug-likeness (QED) is 0.0548. The Hall–Kier alpha value is -3.62. The minimum absolute atomic E-state index is 0.0288. The topological polar surface area (TPSA) is 274 Å². The Morgan fingerprint density at radius 2 is 1.31 bits per heavy atom. The molecule has 0 fully saturated rings. The molecule has 0 aliphatic heterocycles. The van der Waals surface area contributed by atoms with Crippen LogP contribution in [0.2, 0.25) is 0 Å². The predicted octanol–water partition coefficient (Wildman–Crippen LogP) is -2.94. The van der Waals surface area contributed by atoms with Crippen LogP contribution in [0.3, 0.4) is 0 Å². The van der Waals surface area contributed by atoms with Crippen LogP contribution in [0.15, 0.2) is 0 Å². The van der Waals surface area contributed by atoms with Crippen molar-refractivity contribution in [2.45, 2.75) is 64.1 Å². The first-order valence-electron chi connectivity index (χ1n) is 11.3. The molecule has 35 heavy (non-hydrogen) atoms. The summed E-state index contributed by atoms with van der Waals surface area (Å²) in [6, 6.07) is -2.92. The molecule has 0 unspecified atom stereocenters. The standard InChI is InChI=1S/C20H40N10O5/c1-11(2)9-14(30-16(33)12(21)5-3-7-26-19(22)23)18(35)29-13(6-4-8-27-20(24)25)17(34)28-10-15(31)32/h11-14H,3-10,21H2,1-2H3,(H,28,34)(H,29,35)(H,30,33)(H,31,32)(H4,22,23,26)(H4,24,25,27)/t12-,13-,14-/m0/s1. The Morgan fingerprint density at radius 1 is 0.800 bits per heavy atom. The number of carboxylic acids is 1. The highest BCUT2D eigenvalue weighted by Gasteiger charge is 2.28. The molecule has 0 saturated heterocycles. The van der Waals surface area contributed by atoms with Crippen LogP contribution in [0.5, 0.6) is 0 Å². The fourth-order valence-corrected chi connectivity index (χ4v) is 3.01. The Morgan fingerprint density at radius 3 is 1.80 bits per heavy atom. The van der Waals surface area contributed by atoms with E-state index in [2.05, 4.69) is 26.6 Å². The van der Waals surface area contributed by atoms with Crippen molar-refractivity contribution in [1.29, 1.82) is 10.8 Å². The summed E-state index contributed by atoms with van der Waals surface area (Å²) >= 11 is 0. The molecule has 14 N–H and O–H groups in total. The lowest BCUT2D eigenvalue weighted by atomic mass is 10.0. The number of carbonyl (C=O) groups is 4. The van der Waals surface area contributed by atoms with Crippen molar-refractivity contribution >= 4 is 35.6 Å². The number of rotatable bonds is 17. The number of guanidine groups is 2. The zero-order valence-electron chi connectivity index (χ0n) is 20.3. The number of hydrogen-bond donors (Lipinski definition) is 11. The zero-order valence-corrected chi connectivity index (χ0v) is 20.3. The Bertz CT molecular complexity index is 746. The Balaban J connectivity index is 5.18. The van der Waals surface area contributed by atoms with Gasteiger partial charge in [-0.25, -0.2) is 0 Å². The summed E-state index contributed by atoms with van der Waals surface area (Å²) in [5.41, 5.74) is 16.4. The van der Waals surface area contributed by atoms with E-state index < -0.39 is 48.4 Å². The smallest absolute Gasteiger partial charge is 0.322 e. The van der Waals surface area contributed by atoms with Gasteiger partial charge in [0.05, 0.1) is 6.04 Å². The van der Waals surface area contributed by atoms with Gasteiger partial charge in [-0.3, -0.25) is 30.0 Å². The SMILES string of the molecule is CC(C)C[C@H](NC(=O)[C@@H](N)CCCNC(=N)N)C(=O)N[C@@H](CCCNC(=N)N)C(=O)NCC(=O)O. The van der Waals surface area contributed by atoms with Gasteiger partial charge in [0, 0.05) is 13.1 Å². The lowest BCUT2D eigenvalue weighted by Crippen LogP contribution is -2.56. The average Bonchev–Trinajstić information content (AvgIpc) is 2.75. The van der Waals surface area contributed by atoms with Gasteiger partial charge in [-0.05, 0) is 38.0 Å². The molecule has 0 radical (unpaired) electrons. The van der Waals surface area contributed by atoms with E-state index in [1.165, 1.54) is 0 Å². The molecule has 15 nitrogen and oxygen atoms in total. The van der Waals surface area contributed by atoms with Gasteiger partial charge in [-0.1, -0.05) is 13.8 Å². The van der Waals surface area contributed by atoms with Crippen LogP contribution in [0.4, 0.5) is 0 Å². The molecule has 0 aromatic carbocycles. The first-order chi connectivity index (χ1) is 16.3. The van der Waals surface area contributed by atoms with Crippen molar-refractivity contribution in [3.05, 3.63) is 0 Å². The second-order valence-corrected chi connectivity index (χ2v) is 8.44. The normalized spacial score (nSPS) is 13.1. The molecule has 0 saturated carbocycles. The fraction of sp³-hybridized carbons (Fsp3) is 0.700. The fourth-order valence-electron chi connectivity index (χ4n) is 3.01. The molecule has 15 heteroatoms. The van der Waals surface area contributed by atoms with E-state index in [0.29, 0.717) is 25.8 Å². The van der Waals surface area contributed by atoms with E-state index in [4.69, 9.17) is 33.1 Å². The number of nitrogens with one attached hydrogen (secondary N) is 7. The molecule has 0 aliphatic carbocycles. The summed E-state index contributed by atoms with van der Waals surface area (Å²) in [5.74, 6) is -3.46. The van der Waals surface area contributed by atoms with Crippen molar-refractivity contribution in [3.63, 3.8) is 0 Å². The number of aliphatic carboxylic acids is 1. The summed E-state index contributed by atoms with van der Waals surface area (Å²) in [6.07, 6.45) is 1.56. The van der Waals surface area contributed by atoms with Gasteiger partial charge in [0.1, 0.15) is 18.6 Å². The second kappa shape index (κ2) is 16.9. The average molecular weight is 501 g/mol. The summed E-state index contributed by atoms with van der Waals surface area (Å²) in [7, 11) is 0. The van der Waals surface area contributed by atoms with Crippen LogP contribution >= 0.6 is 0 Å². The first-order valence-corrected chi connectivity index (χ1v) is 11.3. The van der Waals surface area contributed by atoms with Crippen LogP contribution in [0.1, 0.15) is 46.0 Å². The number of carbonyl (C=O) groups excluding carboxylic acids is 3. The summed E-state index contributed by atoms with van der Waals surface area (Å²) in [4.78, 5) is 48.8. The number of nitrogens with two attached hydrogens (primary N) is 3. The van der Waals surface area contributed by atoms with Gasteiger partial charge >= 0.3 is 5.97 Å². The third-order valence-electron chi connectivity index (χ3n) is 4.72. The molecular formula is C20H40N10O5. The maximum atomic E-state index is 13.0. The number of amides is 3. The molecule has 0 rings (SSSR count). The van der Waals surface area contributed by atoms with E-state index in [9.17, 15) is 19.2 Å². The van der Waals surface area contributed by atoms with E-state index in [0.717, 1.165) is 0 Å². The minimum atomic E-state index is -1.24. The van der Waals surface area contributed by atoms with Crippen LogP contribution in [0, 0.1) is 16.7 Å². The maximum Gasteiger partial charge on any atom is 0.322 e. The van der Waals surface area contributed by atoms with E-state index in [-0.39, 0.29) is 37.2 Å². The minimum Gasteiger partial charge on any atom is -0.480 e. The molecule has 3 atom stereocenters. The molecule has 0 aliphatic rings. The molecular weight excluding hydrogens is 460 g/mol. The lowest BCUT2D eigenvalue weighted by Gasteiger charge is -2.25. The van der Waals surface area contributed by atoms with Gasteiger partial charge in [0.25, 0.3) is 0 Å². The Labute approximate surface area is 204 Å². The van der Waals surface area contributed by atoms with Gasteiger partial charge < -0.3 is 48.9 Å². The van der Waals surface area contributed by atoms with Crippen LogP contribution in [-0.4, -0.2) is 78.5 Å². The monoisotopic (exact) mass is 500 g/mol. The summed E-state index contributed by atoms with van der Waals surface area (Å²) < 4.78 is 0. The third-order valence-corrected chi connectivity index (χ3v) is 4.72. The lowest BCUT2D eigenvalue weighted by molar-refractivity contribution is -0.138. The van der Waals surface area contributed by atoms with E-state index in [1.54, 1.807) is 0 Å². The first kappa shape index (κ1) is 31.4. The predicted molar refractivity (Wildman–Crippen MR) is 130 cm³/mol. The summed E-state index contributed by atoms with van der Waals surface area (Å²) in [5, 5.41) is 35.7. The maximum absolute atomic E-state index is 13.0. The molecule has 0 bridgehead atoms. The molecule has 200 valence electrons. The van der Waals surface area contributed by atoms with Crippen LogP contribution in [-0.2, 0) is 19.2 Å². The second-order valence-electron chi connectivity index (χ2n) is 8.44. The van der Waals surface area contributed by atoms with E-state index in [1.807, 2.05) is 13.8 Å². The van der Waals surface area contributed by atoms with E-state index >= 15 is 0 Å². The van der Waals surface area contributed by atoms with Crippen molar-refractivity contribution in [2.24, 2.45) is 23.1 Å². The van der Waals surface area contributed by atoms with Gasteiger partial charge in [0.15, 0.2) is 11.9 Å². The molecule has 0 aromatic rings. The van der Waals surface area contributed by atoms with Crippen molar-refractivity contribution < 1.29 is 24.3 Å². The van der Waals surface area contributed by atoms with Crippen LogP contribution < -0.4 is 43.8 Å². The zero-order chi connectivity index (χ0) is 27.0. The van der Waals surface area contributed by atoms with Gasteiger partial charge in [0.2, 0.25) is 17.7 Å². The largest absolute Gasteiger partial charge is 0.480 e. The molecule has 3 amide bonds. The third kappa shape index (κ3) is 15.8. The van der Waals surface area contributed by atoms with Gasteiger partial charge in [-0.2, -0.15) is 0 Å². The number of carboxylic acid groups (broad SMARTS) is 1. The van der Waals surface area contributed by atoms with Crippen molar-refractivity contribution in [3.8, 4) is 0 Å². The number of hydrogen-bond acceptors (Lipinski definition) is 7. The highest BCUT2D eigenvalue weighted by atomic mass is 16.4. The van der Waals surface area contributed by atoms with Crippen molar-refractivity contribution in [1.82, 2.24) is 26.6 Å². The summed E-state index contributed by atoms with van der Waals surface area (Å²) in [6.45, 7) is 3.76.